The van der Waals surface area contributed by atoms with Gasteiger partial charge >= 0.3 is 0 Å². The van der Waals surface area contributed by atoms with E-state index in [-0.39, 0.29) is 28.6 Å². The second-order valence-corrected chi connectivity index (χ2v) is 6.09. The maximum absolute atomic E-state index is 12.4. The molecule has 0 radical (unpaired) electrons. The van der Waals surface area contributed by atoms with Gasteiger partial charge in [-0.15, -0.1) is 0 Å². The molecule has 1 saturated carbocycles. The number of H-pyrrole nitrogens is 1. The van der Waals surface area contributed by atoms with Crippen LogP contribution in [0, 0.1) is 5.92 Å². The number of carbonyl (C=O) groups excluding carboxylic acids is 1. The Kier molecular flexibility index (Phi) is 4.45. The molecule has 2 heterocycles. The van der Waals surface area contributed by atoms with Crippen LogP contribution in [-0.4, -0.2) is 27.1 Å². The maximum Gasteiger partial charge on any atom is 0.260 e. The Balaban J connectivity index is 1.85. The number of hydrogen-bond donors (Lipinski definition) is 3. The first kappa shape index (κ1) is 15.7. The first-order chi connectivity index (χ1) is 11.0. The van der Waals surface area contributed by atoms with Gasteiger partial charge in [-0.25, -0.2) is 0 Å². The third-order valence-corrected chi connectivity index (χ3v) is 4.24. The molecule has 1 amide bonds. The van der Waals surface area contributed by atoms with Crippen molar-refractivity contribution in [2.75, 3.05) is 0 Å². The molecule has 3 N–H and O–H groups in total. The van der Waals surface area contributed by atoms with Crippen molar-refractivity contribution >= 4 is 17.5 Å². The number of aromatic amines is 1. The molecule has 1 aliphatic rings. The highest BCUT2D eigenvalue weighted by atomic mass is 35.5. The number of aliphatic hydroxyl groups is 1. The molecule has 0 saturated heterocycles. The lowest BCUT2D eigenvalue weighted by molar-refractivity contribution is 0.0228. The summed E-state index contributed by atoms with van der Waals surface area (Å²) in [6, 6.07) is 6.42. The molecule has 3 rings (SSSR count). The molecular formula is C16H16ClN3O3. The highest BCUT2D eigenvalue weighted by Gasteiger charge is 2.36. The summed E-state index contributed by atoms with van der Waals surface area (Å²) >= 11 is 5.84. The van der Waals surface area contributed by atoms with E-state index in [9.17, 15) is 14.7 Å². The van der Waals surface area contributed by atoms with E-state index in [0.29, 0.717) is 18.5 Å². The van der Waals surface area contributed by atoms with Gasteiger partial charge in [0, 0.05) is 12.4 Å². The molecule has 6 nitrogen and oxygen atoms in total. The van der Waals surface area contributed by atoms with Gasteiger partial charge < -0.3 is 15.4 Å². The van der Waals surface area contributed by atoms with Crippen molar-refractivity contribution < 1.29 is 9.90 Å². The van der Waals surface area contributed by atoms with Crippen LogP contribution in [0.2, 0.25) is 5.02 Å². The second-order valence-electron chi connectivity index (χ2n) is 5.65. The lowest BCUT2D eigenvalue weighted by Gasteiger charge is -2.37. The number of hydrogen-bond acceptors (Lipinski definition) is 4. The minimum atomic E-state index is -0.509. The molecule has 120 valence electrons. The topological polar surface area (TPSA) is 95.1 Å². The summed E-state index contributed by atoms with van der Waals surface area (Å²) in [6.07, 6.45) is 3.81. The molecule has 0 aliphatic heterocycles. The molecule has 2 aromatic heterocycles. The van der Waals surface area contributed by atoms with E-state index < -0.39 is 11.5 Å². The molecule has 1 aliphatic carbocycles. The summed E-state index contributed by atoms with van der Waals surface area (Å²) in [5, 5.41) is 12.7. The average Bonchev–Trinajstić information content (AvgIpc) is 2.53. The molecule has 0 unspecified atom stereocenters. The third kappa shape index (κ3) is 3.43. The Morgan fingerprint density at radius 1 is 1.43 bits per heavy atom. The number of amides is 1. The molecule has 1 fully saturated rings. The van der Waals surface area contributed by atoms with Gasteiger partial charge in [-0.05, 0) is 37.0 Å². The fourth-order valence-corrected chi connectivity index (χ4v) is 2.90. The molecule has 0 bridgehead atoms. The minimum Gasteiger partial charge on any atom is -0.393 e. The van der Waals surface area contributed by atoms with Crippen LogP contribution in [0.3, 0.4) is 0 Å². The van der Waals surface area contributed by atoms with Gasteiger partial charge in [0.1, 0.15) is 5.56 Å². The summed E-state index contributed by atoms with van der Waals surface area (Å²) < 4.78 is 0. The maximum atomic E-state index is 12.4. The van der Waals surface area contributed by atoms with Crippen molar-refractivity contribution in [3.8, 4) is 0 Å². The van der Waals surface area contributed by atoms with Crippen molar-refractivity contribution in [3.63, 3.8) is 0 Å². The monoisotopic (exact) mass is 333 g/mol. The summed E-state index contributed by atoms with van der Waals surface area (Å²) in [6.45, 7) is 0. The largest absolute Gasteiger partial charge is 0.393 e. The molecular weight excluding hydrogens is 318 g/mol. The summed E-state index contributed by atoms with van der Waals surface area (Å²) in [5.41, 5.74) is 0.162. The SMILES string of the molecule is O=C(N[C@@H](c1ccccn1)C1CC(O)C1)c1cc(Cl)c[nH]c1=O. The van der Waals surface area contributed by atoms with Crippen LogP contribution in [0.5, 0.6) is 0 Å². The zero-order valence-corrected chi connectivity index (χ0v) is 13.0. The van der Waals surface area contributed by atoms with Crippen molar-refractivity contribution in [2.24, 2.45) is 5.92 Å². The number of rotatable bonds is 4. The second kappa shape index (κ2) is 6.52. The minimum absolute atomic E-state index is 0.0432. The fraction of sp³-hybridized carbons (Fsp3) is 0.312. The van der Waals surface area contributed by atoms with Crippen LogP contribution in [0.15, 0.2) is 41.5 Å². The first-order valence-electron chi connectivity index (χ1n) is 7.32. The van der Waals surface area contributed by atoms with E-state index in [2.05, 4.69) is 15.3 Å². The van der Waals surface area contributed by atoms with Crippen molar-refractivity contribution in [1.82, 2.24) is 15.3 Å². The number of halogens is 1. The molecule has 7 heteroatoms. The van der Waals surface area contributed by atoms with Gasteiger partial charge in [0.25, 0.3) is 11.5 Å². The van der Waals surface area contributed by atoms with Crippen LogP contribution in [0.4, 0.5) is 0 Å². The number of aromatic nitrogens is 2. The predicted octanol–water partition coefficient (Wildman–Crippen LogP) is 1.67. The van der Waals surface area contributed by atoms with E-state index in [1.165, 1.54) is 12.3 Å². The summed E-state index contributed by atoms with van der Waals surface area (Å²) in [4.78, 5) is 31.0. The van der Waals surface area contributed by atoms with Gasteiger partial charge in [0.05, 0.1) is 22.9 Å². The van der Waals surface area contributed by atoms with Gasteiger partial charge in [-0.3, -0.25) is 14.6 Å². The average molecular weight is 334 g/mol. The van der Waals surface area contributed by atoms with E-state index in [4.69, 9.17) is 11.6 Å². The van der Waals surface area contributed by atoms with Crippen LogP contribution in [0.1, 0.15) is 34.9 Å². The Hall–Kier alpha value is -2.18. The normalized spacial score (nSPS) is 21.3. The van der Waals surface area contributed by atoms with Gasteiger partial charge in [0.2, 0.25) is 0 Å². The van der Waals surface area contributed by atoms with Crippen LogP contribution in [-0.2, 0) is 0 Å². The molecule has 23 heavy (non-hydrogen) atoms. The lowest BCUT2D eigenvalue weighted by atomic mass is 9.76. The van der Waals surface area contributed by atoms with Crippen molar-refractivity contribution in [2.45, 2.75) is 25.0 Å². The highest BCUT2D eigenvalue weighted by Crippen LogP contribution is 2.37. The number of aliphatic hydroxyl groups excluding tert-OH is 1. The van der Waals surface area contributed by atoms with Gasteiger partial charge in [-0.2, -0.15) is 0 Å². The Morgan fingerprint density at radius 3 is 2.87 bits per heavy atom. The number of nitrogens with one attached hydrogen (secondary N) is 2. The summed E-state index contributed by atoms with van der Waals surface area (Å²) in [7, 11) is 0. The number of pyridine rings is 2. The first-order valence-corrected chi connectivity index (χ1v) is 7.70. The number of nitrogens with zero attached hydrogens (tertiary/aromatic N) is 1. The fourth-order valence-electron chi connectivity index (χ4n) is 2.74. The van der Waals surface area contributed by atoms with Crippen LogP contribution < -0.4 is 10.9 Å². The third-order valence-electron chi connectivity index (χ3n) is 4.03. The standard InChI is InChI=1S/C16H16ClN3O3/c17-10-7-12(15(22)19-8-10)16(23)20-14(9-5-11(21)6-9)13-3-1-2-4-18-13/h1-4,7-9,11,14,21H,5-6H2,(H,19,22)(H,20,23)/t9?,11?,14-/m1/s1. The van der Waals surface area contributed by atoms with Crippen molar-refractivity contribution in [1.29, 1.82) is 0 Å². The van der Waals surface area contributed by atoms with E-state index in [1.54, 1.807) is 12.3 Å². The quantitative estimate of drug-likeness (QED) is 0.793. The highest BCUT2D eigenvalue weighted by molar-refractivity contribution is 6.30. The van der Waals surface area contributed by atoms with E-state index in [1.807, 2.05) is 12.1 Å². The van der Waals surface area contributed by atoms with Gasteiger partial charge in [-0.1, -0.05) is 17.7 Å². The van der Waals surface area contributed by atoms with Crippen molar-refractivity contribution in [3.05, 3.63) is 63.3 Å². The zero-order chi connectivity index (χ0) is 16.4. The molecule has 2 aromatic rings. The van der Waals surface area contributed by atoms with Gasteiger partial charge in [0.15, 0.2) is 0 Å². The van der Waals surface area contributed by atoms with Crippen LogP contribution in [0.25, 0.3) is 0 Å². The Labute approximate surface area is 137 Å². The molecule has 0 spiro atoms. The van der Waals surface area contributed by atoms with E-state index >= 15 is 0 Å². The summed E-state index contributed by atoms with van der Waals surface area (Å²) in [5.74, 6) is -0.423. The lowest BCUT2D eigenvalue weighted by Crippen LogP contribution is -2.42. The van der Waals surface area contributed by atoms with Crippen LogP contribution >= 0.6 is 11.6 Å². The zero-order valence-electron chi connectivity index (χ0n) is 12.2. The smallest absolute Gasteiger partial charge is 0.260 e. The number of carbonyl (C=O) groups is 1. The Morgan fingerprint density at radius 2 is 2.22 bits per heavy atom. The molecule has 1 atom stereocenters. The predicted molar refractivity (Wildman–Crippen MR) is 85.2 cm³/mol. The molecule has 0 aromatic carbocycles. The Bertz CT molecular complexity index is 757. The van der Waals surface area contributed by atoms with E-state index in [0.717, 1.165) is 0 Å².